The molecule has 0 fully saturated rings. The van der Waals surface area contributed by atoms with Crippen molar-refractivity contribution >= 4 is 18.3 Å². The van der Waals surface area contributed by atoms with Crippen molar-refractivity contribution in [3.63, 3.8) is 0 Å². The lowest BCUT2D eigenvalue weighted by molar-refractivity contribution is -0.136. The Morgan fingerprint density at radius 3 is 2.27 bits per heavy atom. The number of aldehydes is 1. The zero-order chi connectivity index (χ0) is 22.2. The van der Waals surface area contributed by atoms with Crippen LogP contribution in [0.2, 0.25) is 0 Å². The Labute approximate surface area is 179 Å². The van der Waals surface area contributed by atoms with Crippen LogP contribution in [0.1, 0.15) is 39.9 Å². The largest absolute Gasteiger partial charge is 0.481 e. The highest BCUT2D eigenvalue weighted by molar-refractivity contribution is 5.74. The molecular formula is C26H31NO3. The van der Waals surface area contributed by atoms with E-state index in [1.165, 1.54) is 5.56 Å². The third-order valence-electron chi connectivity index (χ3n) is 4.26. The van der Waals surface area contributed by atoms with Gasteiger partial charge in [-0.3, -0.25) is 9.59 Å². The molecule has 0 radical (unpaired) electrons. The molecule has 158 valence electrons. The van der Waals surface area contributed by atoms with Crippen molar-refractivity contribution in [1.82, 2.24) is 4.90 Å². The van der Waals surface area contributed by atoms with Crippen LogP contribution in [0, 0.1) is 6.92 Å². The molecule has 4 heteroatoms. The van der Waals surface area contributed by atoms with Crippen molar-refractivity contribution in [3.05, 3.63) is 102 Å². The summed E-state index contributed by atoms with van der Waals surface area (Å²) in [4.78, 5) is 22.7. The molecule has 4 nitrogen and oxygen atoms in total. The maximum absolute atomic E-state index is 10.5. The van der Waals surface area contributed by atoms with E-state index in [1.54, 1.807) is 6.08 Å². The zero-order valence-corrected chi connectivity index (χ0v) is 17.8. The molecule has 0 aliphatic heterocycles. The van der Waals surface area contributed by atoms with Gasteiger partial charge in [-0.1, -0.05) is 78.9 Å². The number of aliphatic carboxylic acids is 1. The fourth-order valence-electron chi connectivity index (χ4n) is 2.47. The molecule has 1 N–H and O–H groups in total. The van der Waals surface area contributed by atoms with Crippen LogP contribution < -0.4 is 0 Å². The average Bonchev–Trinajstić information content (AvgIpc) is 2.75. The normalized spacial score (nSPS) is 10.5. The Hall–Kier alpha value is -3.40. The lowest BCUT2D eigenvalue weighted by atomic mass is 10.1. The van der Waals surface area contributed by atoms with Crippen molar-refractivity contribution in [3.8, 4) is 0 Å². The zero-order valence-electron chi connectivity index (χ0n) is 17.8. The molecule has 0 aromatic heterocycles. The van der Waals surface area contributed by atoms with Gasteiger partial charge in [-0.05, 0) is 43.2 Å². The Morgan fingerprint density at radius 1 is 1.07 bits per heavy atom. The van der Waals surface area contributed by atoms with E-state index < -0.39 is 5.97 Å². The number of carboxylic acids is 1. The van der Waals surface area contributed by atoms with E-state index >= 15 is 0 Å². The monoisotopic (exact) mass is 405 g/mol. The van der Waals surface area contributed by atoms with Crippen LogP contribution in [-0.2, 0) is 11.2 Å². The predicted octanol–water partition coefficient (Wildman–Crippen LogP) is 5.55. The average molecular weight is 406 g/mol. The molecule has 30 heavy (non-hydrogen) atoms. The number of allylic oxidation sites excluding steroid dienone is 2. The first-order chi connectivity index (χ1) is 14.4. The number of carboxylic acid groups (broad SMARTS) is 1. The highest BCUT2D eigenvalue weighted by Crippen LogP contribution is 2.09. The summed E-state index contributed by atoms with van der Waals surface area (Å²) in [6.45, 7) is 6.59. The van der Waals surface area contributed by atoms with E-state index in [2.05, 4.69) is 23.6 Å². The highest BCUT2D eigenvalue weighted by atomic mass is 16.4. The molecule has 0 saturated heterocycles. The maximum Gasteiger partial charge on any atom is 0.303 e. The van der Waals surface area contributed by atoms with E-state index in [1.807, 2.05) is 74.8 Å². The molecule has 0 amide bonds. The first-order valence-corrected chi connectivity index (χ1v) is 9.93. The van der Waals surface area contributed by atoms with Gasteiger partial charge in [0.05, 0.1) is 0 Å². The van der Waals surface area contributed by atoms with Crippen molar-refractivity contribution in [2.45, 2.75) is 26.2 Å². The van der Waals surface area contributed by atoms with Gasteiger partial charge in [-0.15, -0.1) is 0 Å². The van der Waals surface area contributed by atoms with E-state index in [9.17, 15) is 9.59 Å². The number of benzene rings is 2. The van der Waals surface area contributed by atoms with Crippen molar-refractivity contribution in [2.75, 3.05) is 13.6 Å². The highest BCUT2D eigenvalue weighted by Gasteiger charge is 1.98. The van der Waals surface area contributed by atoms with Crippen molar-refractivity contribution in [1.29, 1.82) is 0 Å². The minimum atomic E-state index is -0.756. The molecule has 0 unspecified atom stereocenters. The fraction of sp³-hybridized carbons (Fsp3) is 0.231. The van der Waals surface area contributed by atoms with Gasteiger partial charge in [0.25, 0.3) is 0 Å². The van der Waals surface area contributed by atoms with Crippen LogP contribution >= 0.6 is 0 Å². The summed E-state index contributed by atoms with van der Waals surface area (Å²) in [5.74, 6) is -0.756. The quantitative estimate of drug-likeness (QED) is 0.416. The van der Waals surface area contributed by atoms with Crippen LogP contribution in [-0.4, -0.2) is 35.9 Å². The Balaban J connectivity index is 0.000000414. The van der Waals surface area contributed by atoms with Gasteiger partial charge in [0, 0.05) is 25.6 Å². The van der Waals surface area contributed by atoms with E-state index in [0.29, 0.717) is 6.42 Å². The maximum atomic E-state index is 10.5. The summed E-state index contributed by atoms with van der Waals surface area (Å²) < 4.78 is 0. The summed E-state index contributed by atoms with van der Waals surface area (Å²) >= 11 is 0. The Kier molecular flexibility index (Phi) is 12.0. The molecule has 0 aliphatic rings. The smallest absolute Gasteiger partial charge is 0.303 e. The molecule has 0 spiro atoms. The molecule has 0 bridgehead atoms. The predicted molar refractivity (Wildman–Crippen MR) is 125 cm³/mol. The molecule has 0 heterocycles. The number of nitrogens with zero attached hydrogens (tertiary/aromatic N) is 1. The fourth-order valence-corrected chi connectivity index (χ4v) is 2.47. The van der Waals surface area contributed by atoms with Gasteiger partial charge in [-0.2, -0.15) is 0 Å². The van der Waals surface area contributed by atoms with Crippen LogP contribution in [0.4, 0.5) is 0 Å². The van der Waals surface area contributed by atoms with Gasteiger partial charge in [0.2, 0.25) is 0 Å². The number of carbonyl (C=O) groups is 2. The lowest BCUT2D eigenvalue weighted by Crippen LogP contribution is -2.10. The Bertz CT molecular complexity index is 834. The second-order valence-corrected chi connectivity index (χ2v) is 6.91. The van der Waals surface area contributed by atoms with E-state index in [0.717, 1.165) is 35.9 Å². The number of hydrogen-bond donors (Lipinski definition) is 1. The van der Waals surface area contributed by atoms with Crippen LogP contribution in [0.5, 0.6) is 0 Å². The second kappa shape index (κ2) is 14.6. The molecule has 2 aromatic carbocycles. The molecule has 2 rings (SSSR count). The second-order valence-electron chi connectivity index (χ2n) is 6.91. The summed E-state index contributed by atoms with van der Waals surface area (Å²) in [5.41, 5.74) is 4.11. The van der Waals surface area contributed by atoms with Crippen LogP contribution in [0.3, 0.4) is 0 Å². The number of hydrogen-bond acceptors (Lipinski definition) is 3. The van der Waals surface area contributed by atoms with Gasteiger partial charge in [0.1, 0.15) is 6.29 Å². The van der Waals surface area contributed by atoms with E-state index in [-0.39, 0.29) is 6.42 Å². The van der Waals surface area contributed by atoms with Crippen LogP contribution in [0.15, 0.2) is 79.5 Å². The van der Waals surface area contributed by atoms with Gasteiger partial charge < -0.3 is 10.0 Å². The summed E-state index contributed by atoms with van der Waals surface area (Å²) in [5, 5.41) is 8.65. The third-order valence-corrected chi connectivity index (χ3v) is 4.26. The minimum absolute atomic E-state index is 0.180. The number of rotatable bonds is 10. The third kappa shape index (κ3) is 11.4. The minimum Gasteiger partial charge on any atom is -0.481 e. The molecule has 2 aromatic rings. The van der Waals surface area contributed by atoms with E-state index in [4.69, 9.17) is 5.11 Å². The number of aryl methyl sites for hydroxylation is 2. The Morgan fingerprint density at radius 2 is 1.70 bits per heavy atom. The summed E-state index contributed by atoms with van der Waals surface area (Å²) in [7, 11) is 2.03. The molecule has 0 atom stereocenters. The lowest BCUT2D eigenvalue weighted by Gasteiger charge is -2.11. The van der Waals surface area contributed by atoms with Gasteiger partial charge >= 0.3 is 5.97 Å². The summed E-state index contributed by atoms with van der Waals surface area (Å²) in [6, 6.07) is 15.5. The molecule has 0 aliphatic carbocycles. The first-order valence-electron chi connectivity index (χ1n) is 9.93. The van der Waals surface area contributed by atoms with Crippen molar-refractivity contribution < 1.29 is 14.7 Å². The van der Waals surface area contributed by atoms with Crippen molar-refractivity contribution in [2.24, 2.45) is 0 Å². The SMILES string of the molecule is C=C/C=C\N(C)CC/C=C/c1ccc(CCC(=O)O)cc1.Cc1ccc(C=O)cc1. The van der Waals surface area contributed by atoms with Gasteiger partial charge in [-0.25, -0.2) is 0 Å². The van der Waals surface area contributed by atoms with Crippen LogP contribution in [0.25, 0.3) is 6.08 Å². The topological polar surface area (TPSA) is 57.6 Å². The molecule has 0 saturated carbocycles. The standard InChI is InChI=1S/C18H23NO2.C8H8O/c1-3-4-14-19(2)15-6-5-7-16-8-10-17(11-9-16)12-13-18(20)21;1-7-2-4-8(6-9)5-3-7/h3-5,7-11,14H,1,6,12-13,15H2,2H3,(H,20,21);2-6H,1H3/b7-5+,14-4-;. The summed E-state index contributed by atoms with van der Waals surface area (Å²) in [6.07, 6.45) is 12.5. The van der Waals surface area contributed by atoms with Gasteiger partial charge in [0.15, 0.2) is 0 Å². The number of carbonyl (C=O) groups excluding carboxylic acids is 1. The molecular weight excluding hydrogens is 374 g/mol. The first kappa shape index (κ1) is 24.6.